The zero-order chi connectivity index (χ0) is 31.1. The fourth-order valence-corrected chi connectivity index (χ4v) is 5.09. The highest BCUT2D eigenvalue weighted by Crippen LogP contribution is 2.14. The van der Waals surface area contributed by atoms with Gasteiger partial charge in [-0.05, 0) is 25.7 Å². The second-order valence-corrected chi connectivity index (χ2v) is 12.8. The van der Waals surface area contributed by atoms with Gasteiger partial charge in [0.05, 0.1) is 27.2 Å². The predicted octanol–water partition coefficient (Wildman–Crippen LogP) is 7.98. The molecule has 0 bridgehead atoms. The Morgan fingerprint density at radius 1 is 0.366 bits per heavy atom. The first-order valence-electron chi connectivity index (χ1n) is 18.1. The molecule has 0 rings (SSSR count). The minimum absolute atomic E-state index is 1.32. The number of hydrogen-bond acceptors (Lipinski definition) is 4. The maximum atomic E-state index is 8.52. The molecule has 0 heterocycles. The Balaban J connectivity index is -0.000000604. The molecule has 252 valence electrons. The van der Waals surface area contributed by atoms with Crippen molar-refractivity contribution in [3.8, 4) is 0 Å². The van der Waals surface area contributed by atoms with Crippen molar-refractivity contribution < 1.29 is 28.2 Å². The highest BCUT2D eigenvalue weighted by atomic mass is 32.3. The van der Waals surface area contributed by atoms with E-state index in [1.165, 1.54) is 193 Å². The van der Waals surface area contributed by atoms with Crippen molar-refractivity contribution >= 4 is 10.4 Å². The van der Waals surface area contributed by atoms with E-state index in [-0.39, 0.29) is 0 Å². The van der Waals surface area contributed by atoms with Crippen LogP contribution in [0.3, 0.4) is 0 Å². The fourth-order valence-electron chi connectivity index (χ4n) is 5.09. The number of nitrogens with two attached hydrogens (primary N) is 2. The average Bonchev–Trinajstić information content (AvgIpc) is 2.93. The molecule has 0 aromatic rings. The van der Waals surface area contributed by atoms with Gasteiger partial charge in [0.2, 0.25) is 0 Å². The van der Waals surface area contributed by atoms with Crippen LogP contribution in [0, 0.1) is 0 Å². The van der Waals surface area contributed by atoms with E-state index < -0.39 is 10.4 Å². The van der Waals surface area contributed by atoms with E-state index in [9.17, 15) is 0 Å². The van der Waals surface area contributed by atoms with Gasteiger partial charge in [0.15, 0.2) is 0 Å². The third-order valence-corrected chi connectivity index (χ3v) is 7.69. The summed E-state index contributed by atoms with van der Waals surface area (Å²) >= 11 is 0. The van der Waals surface area contributed by atoms with E-state index in [0.29, 0.717) is 0 Å². The van der Waals surface area contributed by atoms with Gasteiger partial charge in [-0.3, -0.25) is 8.42 Å². The molecule has 0 radical (unpaired) electrons. The highest BCUT2D eigenvalue weighted by molar-refractivity contribution is 7.79. The lowest BCUT2D eigenvalue weighted by molar-refractivity contribution is -0.627. The summed E-state index contributed by atoms with van der Waals surface area (Å²) in [6, 6.07) is 0. The van der Waals surface area contributed by atoms with Crippen molar-refractivity contribution in [1.29, 1.82) is 0 Å². The fraction of sp³-hybridized carbons (Fsp3) is 1.00. The van der Waals surface area contributed by atoms with Crippen molar-refractivity contribution in [3.63, 3.8) is 0 Å². The van der Waals surface area contributed by atoms with Crippen molar-refractivity contribution in [2.45, 2.75) is 194 Å². The van der Waals surface area contributed by atoms with Crippen LogP contribution in [0.25, 0.3) is 0 Å². The van der Waals surface area contributed by atoms with Crippen molar-refractivity contribution in [2.75, 3.05) is 27.2 Å². The standard InChI is InChI=1S/2C17H37N.H2O4S/c2*1-3-4-5-6-7-8-9-10-11-12-13-14-15-16-17-18-2;1-5(2,3)4/h2*18H,3-17H2,1-2H3;(H2,1,2,3,4). The zero-order valence-electron chi connectivity index (χ0n) is 28.4. The lowest BCUT2D eigenvalue weighted by atomic mass is 10.0. The molecule has 0 atom stereocenters. The molecule has 0 aromatic heterocycles. The zero-order valence-corrected chi connectivity index (χ0v) is 29.2. The lowest BCUT2D eigenvalue weighted by Gasteiger charge is -2.06. The van der Waals surface area contributed by atoms with Crippen LogP contribution < -0.4 is 10.6 Å². The smallest absolute Gasteiger partial charge is 0.0753 e. The van der Waals surface area contributed by atoms with Gasteiger partial charge in [-0.2, -0.15) is 0 Å². The van der Waals surface area contributed by atoms with Crippen LogP contribution >= 0.6 is 0 Å². The summed E-state index contributed by atoms with van der Waals surface area (Å²) < 4.78 is 34.1. The van der Waals surface area contributed by atoms with Crippen molar-refractivity contribution in [2.24, 2.45) is 0 Å². The number of unbranched alkanes of at least 4 members (excludes halogenated alkanes) is 26. The van der Waals surface area contributed by atoms with Crippen LogP contribution in [0.5, 0.6) is 0 Å². The van der Waals surface area contributed by atoms with E-state index in [1.54, 1.807) is 0 Å². The van der Waals surface area contributed by atoms with Gasteiger partial charge in [0.1, 0.15) is 0 Å². The molecule has 0 aliphatic rings. The van der Waals surface area contributed by atoms with Crippen LogP contribution in [0.4, 0.5) is 0 Å². The topological polar surface area (TPSA) is 113 Å². The molecule has 0 amide bonds. The molecule has 7 heteroatoms. The van der Waals surface area contributed by atoms with Gasteiger partial charge in [-0.15, -0.1) is 0 Å². The van der Waals surface area contributed by atoms with Gasteiger partial charge in [-0.25, -0.2) is 0 Å². The maximum absolute atomic E-state index is 8.52. The first-order chi connectivity index (χ1) is 19.8. The molecule has 0 unspecified atom stereocenters. The van der Waals surface area contributed by atoms with Crippen molar-refractivity contribution in [1.82, 2.24) is 0 Å². The van der Waals surface area contributed by atoms with Crippen LogP contribution in [0.15, 0.2) is 0 Å². The summed E-state index contributed by atoms with van der Waals surface area (Å²) in [6.07, 6.45) is 40.9. The maximum Gasteiger partial charge on any atom is 0.0753 e. The number of hydrogen-bond donors (Lipinski definition) is 2. The third-order valence-electron chi connectivity index (χ3n) is 7.69. The molecular formula is C34H76N2O4S. The quantitative estimate of drug-likeness (QED) is 0.0489. The Bertz CT molecular complexity index is 461. The van der Waals surface area contributed by atoms with E-state index in [4.69, 9.17) is 17.5 Å². The SMILES string of the molecule is CCCCCCCCCCCCCCCC[NH2+]C.CCCCCCCCCCCCCCCC[NH2+]C.O=S(=O)([O-])[O-]. The number of rotatable bonds is 30. The summed E-state index contributed by atoms with van der Waals surface area (Å²) in [4.78, 5) is 0. The Kier molecular flexibility index (Phi) is 46.2. The van der Waals surface area contributed by atoms with E-state index >= 15 is 0 Å². The van der Waals surface area contributed by atoms with Crippen molar-refractivity contribution in [3.05, 3.63) is 0 Å². The Morgan fingerprint density at radius 3 is 0.659 bits per heavy atom. The van der Waals surface area contributed by atoms with Gasteiger partial charge >= 0.3 is 0 Å². The molecule has 0 aliphatic carbocycles. The molecule has 0 aliphatic heterocycles. The van der Waals surface area contributed by atoms with Gasteiger partial charge < -0.3 is 19.7 Å². The molecule has 0 spiro atoms. The van der Waals surface area contributed by atoms with Gasteiger partial charge in [0, 0.05) is 10.4 Å². The molecule has 4 N–H and O–H groups in total. The minimum atomic E-state index is -5.17. The van der Waals surface area contributed by atoms with Crippen LogP contribution in [-0.2, 0) is 10.4 Å². The Morgan fingerprint density at radius 2 is 0.512 bits per heavy atom. The summed E-state index contributed by atoms with van der Waals surface area (Å²) in [5, 5.41) is 4.58. The van der Waals surface area contributed by atoms with Gasteiger partial charge in [0.25, 0.3) is 0 Å². The van der Waals surface area contributed by atoms with Crippen LogP contribution in [0.1, 0.15) is 194 Å². The average molecular weight is 609 g/mol. The van der Waals surface area contributed by atoms with Gasteiger partial charge in [-0.1, -0.05) is 168 Å². The normalized spacial score (nSPS) is 11.1. The summed E-state index contributed by atoms with van der Waals surface area (Å²) in [6.45, 7) is 7.22. The largest absolute Gasteiger partial charge is 0.759 e. The molecule has 41 heavy (non-hydrogen) atoms. The number of quaternary nitrogens is 2. The first kappa shape index (κ1) is 45.2. The monoisotopic (exact) mass is 609 g/mol. The molecule has 0 saturated carbocycles. The second-order valence-electron chi connectivity index (χ2n) is 12.0. The Hall–Kier alpha value is -0.210. The molecule has 0 saturated heterocycles. The molecule has 0 aromatic carbocycles. The molecule has 0 fully saturated rings. The van der Waals surface area contributed by atoms with E-state index in [2.05, 4.69) is 38.6 Å². The molecule has 6 nitrogen and oxygen atoms in total. The van der Waals surface area contributed by atoms with E-state index in [1.807, 2.05) is 0 Å². The Labute approximate surface area is 259 Å². The lowest BCUT2D eigenvalue weighted by Crippen LogP contribution is -2.79. The first-order valence-corrected chi connectivity index (χ1v) is 19.4. The van der Waals surface area contributed by atoms with Crippen LogP contribution in [0.2, 0.25) is 0 Å². The summed E-state index contributed by atoms with van der Waals surface area (Å²) in [5.41, 5.74) is 0. The predicted molar refractivity (Wildman–Crippen MR) is 177 cm³/mol. The second kappa shape index (κ2) is 41.9. The van der Waals surface area contributed by atoms with Crippen LogP contribution in [-0.4, -0.2) is 44.7 Å². The summed E-state index contributed by atoms with van der Waals surface area (Å²) in [7, 11) is -0.829. The van der Waals surface area contributed by atoms with E-state index in [0.717, 1.165) is 0 Å². The highest BCUT2D eigenvalue weighted by Gasteiger charge is 1.95. The third kappa shape index (κ3) is 64.0. The molecular weight excluding hydrogens is 532 g/mol. The minimum Gasteiger partial charge on any atom is -0.759 e. The summed E-state index contributed by atoms with van der Waals surface area (Å²) in [5.74, 6) is 0.